The van der Waals surface area contributed by atoms with E-state index in [0.717, 1.165) is 17.4 Å². The molecule has 1 unspecified atom stereocenters. The van der Waals surface area contributed by atoms with Gasteiger partial charge in [0, 0.05) is 5.56 Å². The summed E-state index contributed by atoms with van der Waals surface area (Å²) in [5, 5.41) is 0. The Morgan fingerprint density at radius 1 is 0.950 bits per heavy atom. The van der Waals surface area contributed by atoms with Crippen LogP contribution < -0.4 is 4.72 Å². The van der Waals surface area contributed by atoms with Crippen molar-refractivity contribution in [2.45, 2.75) is 6.04 Å². The third-order valence-corrected chi connectivity index (χ3v) is 3.26. The van der Waals surface area contributed by atoms with Gasteiger partial charge in [0.25, 0.3) is 0 Å². The first-order valence-electron chi connectivity index (χ1n) is 6.13. The van der Waals surface area contributed by atoms with E-state index in [0.29, 0.717) is 0 Å². The van der Waals surface area contributed by atoms with E-state index in [-0.39, 0.29) is 0 Å². The zero-order chi connectivity index (χ0) is 14.4. The van der Waals surface area contributed by atoms with Crippen LogP contribution in [-0.4, -0.2) is 14.7 Å². The van der Waals surface area contributed by atoms with Gasteiger partial charge in [0.2, 0.25) is 10.0 Å². The van der Waals surface area contributed by atoms with Crippen LogP contribution in [0.2, 0.25) is 0 Å². The Bertz CT molecular complexity index is 713. The smallest absolute Gasteiger partial charge is 0.210 e. The first kappa shape index (κ1) is 14.3. The lowest BCUT2D eigenvalue weighted by atomic mass is 10.1. The predicted molar refractivity (Wildman–Crippen MR) is 80.5 cm³/mol. The average Bonchev–Trinajstić information content (AvgIpc) is 2.44. The van der Waals surface area contributed by atoms with E-state index < -0.39 is 16.1 Å². The van der Waals surface area contributed by atoms with Gasteiger partial charge >= 0.3 is 0 Å². The fraction of sp³-hybridized carbons (Fsp3) is 0.125. The van der Waals surface area contributed by atoms with Gasteiger partial charge in [-0.1, -0.05) is 60.4 Å². The van der Waals surface area contributed by atoms with Gasteiger partial charge in [0.05, 0.1) is 6.26 Å². The first-order valence-corrected chi connectivity index (χ1v) is 8.02. The molecule has 0 bridgehead atoms. The number of nitrogens with one attached hydrogen (secondary N) is 1. The Hall–Kier alpha value is -2.09. The summed E-state index contributed by atoms with van der Waals surface area (Å²) in [6.45, 7) is 0. The Morgan fingerprint density at radius 3 is 2.05 bits per heavy atom. The first-order chi connectivity index (χ1) is 9.54. The summed E-state index contributed by atoms with van der Waals surface area (Å²) in [4.78, 5) is 0. The standard InChI is InChI=1S/C16H15NO2S/c1-20(18,19)17-16(15-10-6-3-7-11-15)13-12-14-8-4-2-5-9-14/h2-11,16-17H,1H3. The molecular weight excluding hydrogens is 270 g/mol. The molecule has 20 heavy (non-hydrogen) atoms. The van der Waals surface area contributed by atoms with Crippen molar-refractivity contribution in [1.82, 2.24) is 4.72 Å². The van der Waals surface area contributed by atoms with E-state index in [2.05, 4.69) is 16.6 Å². The molecule has 2 aromatic carbocycles. The summed E-state index contributed by atoms with van der Waals surface area (Å²) in [6.07, 6.45) is 1.13. The Morgan fingerprint density at radius 2 is 1.50 bits per heavy atom. The summed E-state index contributed by atoms with van der Waals surface area (Å²) < 4.78 is 25.4. The summed E-state index contributed by atoms with van der Waals surface area (Å²) in [7, 11) is -3.33. The maximum Gasteiger partial charge on any atom is 0.210 e. The molecule has 3 nitrogen and oxygen atoms in total. The predicted octanol–water partition coefficient (Wildman–Crippen LogP) is 2.33. The van der Waals surface area contributed by atoms with E-state index in [1.54, 1.807) is 0 Å². The lowest BCUT2D eigenvalue weighted by Crippen LogP contribution is -2.26. The molecule has 0 aliphatic rings. The molecule has 0 saturated carbocycles. The topological polar surface area (TPSA) is 46.2 Å². The number of rotatable bonds is 3. The van der Waals surface area contributed by atoms with Crippen molar-refractivity contribution in [3.05, 3.63) is 71.8 Å². The van der Waals surface area contributed by atoms with Gasteiger partial charge in [0.15, 0.2) is 0 Å². The Kier molecular flexibility index (Phi) is 4.57. The maximum absolute atomic E-state index is 11.4. The molecule has 0 aliphatic carbocycles. The molecule has 0 spiro atoms. The zero-order valence-corrected chi connectivity index (χ0v) is 11.9. The number of hydrogen-bond donors (Lipinski definition) is 1. The molecule has 1 atom stereocenters. The molecule has 2 rings (SSSR count). The minimum absolute atomic E-state index is 0.550. The summed E-state index contributed by atoms with van der Waals surface area (Å²) in [6, 6.07) is 18.2. The SMILES string of the molecule is CS(=O)(=O)NC(C#Cc1ccccc1)c1ccccc1. The summed E-state index contributed by atoms with van der Waals surface area (Å²) in [5.74, 6) is 5.96. The molecule has 0 saturated heterocycles. The summed E-state index contributed by atoms with van der Waals surface area (Å²) >= 11 is 0. The van der Waals surface area contributed by atoms with Gasteiger partial charge in [-0.05, 0) is 17.7 Å². The van der Waals surface area contributed by atoms with Gasteiger partial charge < -0.3 is 0 Å². The van der Waals surface area contributed by atoms with Crippen molar-refractivity contribution >= 4 is 10.0 Å². The fourth-order valence-electron chi connectivity index (χ4n) is 1.72. The van der Waals surface area contributed by atoms with Gasteiger partial charge in [0.1, 0.15) is 6.04 Å². The summed E-state index contributed by atoms with van der Waals surface area (Å²) in [5.41, 5.74) is 1.67. The van der Waals surface area contributed by atoms with E-state index in [1.807, 2.05) is 60.7 Å². The molecule has 2 aromatic rings. The van der Waals surface area contributed by atoms with Crippen LogP contribution in [0.5, 0.6) is 0 Å². The lowest BCUT2D eigenvalue weighted by molar-refractivity contribution is 0.582. The molecule has 0 fully saturated rings. The van der Waals surface area contributed by atoms with Crippen molar-refractivity contribution in [3.63, 3.8) is 0 Å². The Labute approximate surface area is 119 Å². The highest BCUT2D eigenvalue weighted by Gasteiger charge is 2.12. The second-order valence-corrected chi connectivity index (χ2v) is 6.15. The van der Waals surface area contributed by atoms with Gasteiger partial charge in [-0.2, -0.15) is 4.72 Å². The third-order valence-electron chi connectivity index (χ3n) is 2.60. The molecule has 0 radical (unpaired) electrons. The number of sulfonamides is 1. The van der Waals surface area contributed by atoms with Crippen molar-refractivity contribution in [1.29, 1.82) is 0 Å². The van der Waals surface area contributed by atoms with Crippen LogP contribution in [0.1, 0.15) is 17.2 Å². The molecule has 0 heterocycles. The van der Waals surface area contributed by atoms with Crippen molar-refractivity contribution in [3.8, 4) is 11.8 Å². The van der Waals surface area contributed by atoms with Crippen LogP contribution in [-0.2, 0) is 10.0 Å². The number of benzene rings is 2. The molecule has 102 valence electrons. The molecule has 0 aromatic heterocycles. The highest BCUT2D eigenvalue weighted by molar-refractivity contribution is 7.88. The van der Waals surface area contributed by atoms with Gasteiger partial charge in [-0.3, -0.25) is 0 Å². The molecule has 0 aliphatic heterocycles. The van der Waals surface area contributed by atoms with Gasteiger partial charge in [-0.25, -0.2) is 8.42 Å². The molecule has 1 N–H and O–H groups in total. The van der Waals surface area contributed by atoms with E-state index >= 15 is 0 Å². The van der Waals surface area contributed by atoms with E-state index in [1.165, 1.54) is 0 Å². The monoisotopic (exact) mass is 285 g/mol. The third kappa shape index (κ3) is 4.54. The average molecular weight is 285 g/mol. The van der Waals surface area contributed by atoms with Crippen LogP contribution in [0.25, 0.3) is 0 Å². The molecular formula is C16H15NO2S. The molecule has 4 heteroatoms. The normalized spacial score (nSPS) is 12.2. The minimum atomic E-state index is -3.33. The zero-order valence-electron chi connectivity index (χ0n) is 11.1. The van der Waals surface area contributed by atoms with E-state index in [4.69, 9.17) is 0 Å². The molecule has 0 amide bonds. The fourth-order valence-corrected chi connectivity index (χ4v) is 2.34. The second-order valence-electron chi connectivity index (χ2n) is 4.37. The van der Waals surface area contributed by atoms with Crippen molar-refractivity contribution < 1.29 is 8.42 Å². The quantitative estimate of drug-likeness (QED) is 0.880. The second kappa shape index (κ2) is 6.38. The van der Waals surface area contributed by atoms with Crippen LogP contribution >= 0.6 is 0 Å². The van der Waals surface area contributed by atoms with Crippen LogP contribution in [0.3, 0.4) is 0 Å². The van der Waals surface area contributed by atoms with Crippen LogP contribution in [0.4, 0.5) is 0 Å². The highest BCUT2D eigenvalue weighted by Crippen LogP contribution is 2.12. The van der Waals surface area contributed by atoms with E-state index in [9.17, 15) is 8.42 Å². The maximum atomic E-state index is 11.4. The van der Waals surface area contributed by atoms with Crippen molar-refractivity contribution in [2.24, 2.45) is 0 Å². The van der Waals surface area contributed by atoms with Crippen LogP contribution in [0, 0.1) is 11.8 Å². The van der Waals surface area contributed by atoms with Crippen molar-refractivity contribution in [2.75, 3.05) is 6.26 Å². The largest absolute Gasteiger partial charge is 0.213 e. The van der Waals surface area contributed by atoms with Crippen LogP contribution in [0.15, 0.2) is 60.7 Å². The highest BCUT2D eigenvalue weighted by atomic mass is 32.2. The number of hydrogen-bond acceptors (Lipinski definition) is 2. The lowest BCUT2D eigenvalue weighted by Gasteiger charge is -2.11. The Balaban J connectivity index is 2.31. The van der Waals surface area contributed by atoms with Gasteiger partial charge in [-0.15, -0.1) is 0 Å². The minimum Gasteiger partial charge on any atom is -0.213 e.